The van der Waals surface area contributed by atoms with E-state index < -0.39 is 0 Å². The highest BCUT2D eigenvalue weighted by Crippen LogP contribution is 2.49. The summed E-state index contributed by atoms with van der Waals surface area (Å²) in [6, 6.07) is 76.0. The van der Waals surface area contributed by atoms with Crippen LogP contribution < -0.4 is 4.90 Å². The van der Waals surface area contributed by atoms with Gasteiger partial charge in [0.15, 0.2) is 0 Å². The number of hydrogen-bond donors (Lipinski definition) is 0. The first kappa shape index (κ1) is 35.5. The fourth-order valence-electron chi connectivity index (χ4n) is 9.53. The van der Waals surface area contributed by atoms with Gasteiger partial charge in [-0.05, 0) is 125 Å². The number of benzene rings is 10. The maximum absolute atomic E-state index is 2.53. The van der Waals surface area contributed by atoms with Crippen LogP contribution in [0.15, 0.2) is 241 Å². The molecule has 0 saturated heterocycles. The summed E-state index contributed by atoms with van der Waals surface area (Å²) >= 11 is 1.93. The van der Waals surface area contributed by atoms with Crippen molar-refractivity contribution < 1.29 is 0 Å². The van der Waals surface area contributed by atoms with Crippen LogP contribution in [0.1, 0.15) is 5.56 Å². The minimum absolute atomic E-state index is 0.0867. The van der Waals surface area contributed by atoms with E-state index in [1.54, 1.807) is 0 Å². The zero-order valence-corrected chi connectivity index (χ0v) is 34.2. The van der Waals surface area contributed by atoms with Crippen molar-refractivity contribution in [3.63, 3.8) is 0 Å². The largest absolute Gasteiger partial charge is 0.312 e. The van der Waals surface area contributed by atoms with E-state index in [1.807, 2.05) is 11.8 Å². The summed E-state index contributed by atoms with van der Waals surface area (Å²) in [7, 11) is 0. The van der Waals surface area contributed by atoms with Gasteiger partial charge in [0.25, 0.3) is 0 Å². The van der Waals surface area contributed by atoms with Crippen molar-refractivity contribution in [2.75, 3.05) is 4.90 Å². The van der Waals surface area contributed by atoms with Crippen LogP contribution in [0.5, 0.6) is 0 Å². The van der Waals surface area contributed by atoms with Crippen molar-refractivity contribution >= 4 is 71.8 Å². The van der Waals surface area contributed by atoms with Crippen LogP contribution in [0.2, 0.25) is 0 Å². The molecule has 1 unspecified atom stereocenters. The van der Waals surface area contributed by atoms with Crippen LogP contribution in [0.25, 0.3) is 82.0 Å². The molecule has 1 nitrogen and oxygen atoms in total. The molecule has 1 aliphatic carbocycles. The lowest BCUT2D eigenvalue weighted by molar-refractivity contribution is 1.09. The van der Waals surface area contributed by atoms with Crippen LogP contribution in [0, 0.1) is 0 Å². The minimum Gasteiger partial charge on any atom is -0.312 e. The summed E-state index contributed by atoms with van der Waals surface area (Å²) in [5.74, 6) is 0. The van der Waals surface area contributed by atoms with Gasteiger partial charge in [-0.15, -0.1) is 11.8 Å². The number of fused-ring (bicyclic) bond motifs is 9. The zero-order valence-electron chi connectivity index (χ0n) is 33.4. The molecule has 0 fully saturated rings. The Bertz CT molecular complexity index is 3450. The number of rotatable bonds is 6. The maximum Gasteiger partial charge on any atom is 0.0690 e. The average Bonchev–Trinajstić information content (AvgIpc) is 3.50. The Morgan fingerprint density at radius 2 is 1.03 bits per heavy atom. The van der Waals surface area contributed by atoms with Crippen molar-refractivity contribution in [3.8, 4) is 33.4 Å². The van der Waals surface area contributed by atoms with Crippen LogP contribution >= 0.6 is 11.8 Å². The molecule has 2 heteroatoms. The molecule has 2 aliphatic rings. The fourth-order valence-corrected chi connectivity index (χ4v) is 10.8. The lowest BCUT2D eigenvalue weighted by Crippen LogP contribution is -2.25. The third-order valence-corrected chi connectivity index (χ3v) is 13.7. The first-order valence-corrected chi connectivity index (χ1v) is 21.9. The topological polar surface area (TPSA) is 3.24 Å². The molecule has 1 atom stereocenters. The monoisotopic (exact) mass is 793 g/mol. The predicted octanol–water partition coefficient (Wildman–Crippen LogP) is 16.5. The van der Waals surface area contributed by atoms with Gasteiger partial charge in [0.2, 0.25) is 0 Å². The molecular formula is C59H39NS. The highest BCUT2D eigenvalue weighted by Gasteiger charge is 2.30. The van der Waals surface area contributed by atoms with E-state index in [9.17, 15) is 0 Å². The number of nitrogens with zero attached hydrogens (tertiary/aromatic N) is 1. The lowest BCUT2D eigenvalue weighted by Gasteiger charge is -2.34. The second-order valence-electron chi connectivity index (χ2n) is 16.0. The van der Waals surface area contributed by atoms with E-state index >= 15 is 0 Å². The van der Waals surface area contributed by atoms with Crippen LogP contribution in [-0.2, 0) is 0 Å². The molecule has 0 spiro atoms. The van der Waals surface area contributed by atoms with E-state index in [-0.39, 0.29) is 5.25 Å². The molecule has 0 aromatic heterocycles. The van der Waals surface area contributed by atoms with Crippen molar-refractivity contribution in [3.05, 3.63) is 242 Å². The van der Waals surface area contributed by atoms with E-state index in [1.165, 1.54) is 98.2 Å². The lowest BCUT2D eigenvalue weighted by atomic mass is 9.91. The molecule has 12 rings (SSSR count). The molecule has 61 heavy (non-hydrogen) atoms. The molecule has 0 amide bonds. The molecular weight excluding hydrogens is 755 g/mol. The van der Waals surface area contributed by atoms with Gasteiger partial charge >= 0.3 is 0 Å². The zero-order chi connectivity index (χ0) is 40.3. The van der Waals surface area contributed by atoms with Gasteiger partial charge in [0.05, 0.1) is 10.9 Å². The van der Waals surface area contributed by atoms with E-state index in [2.05, 4.69) is 235 Å². The molecule has 2 bridgehead atoms. The Hall–Kier alpha value is -7.39. The third-order valence-electron chi connectivity index (χ3n) is 12.5. The summed E-state index contributed by atoms with van der Waals surface area (Å²) in [5.41, 5.74) is 13.2. The second kappa shape index (κ2) is 14.7. The molecule has 286 valence electrons. The normalized spacial score (nSPS) is 14.5. The van der Waals surface area contributed by atoms with Gasteiger partial charge in [-0.3, -0.25) is 0 Å². The Kier molecular flexibility index (Phi) is 8.57. The van der Waals surface area contributed by atoms with Gasteiger partial charge in [0.1, 0.15) is 0 Å². The minimum atomic E-state index is 0.0867. The van der Waals surface area contributed by atoms with Gasteiger partial charge < -0.3 is 4.90 Å². The Morgan fingerprint density at radius 1 is 0.393 bits per heavy atom. The molecule has 10 aromatic rings. The van der Waals surface area contributed by atoms with E-state index in [0.29, 0.717) is 0 Å². The molecule has 0 N–H and O–H groups in total. The Balaban J connectivity index is 1.06. The van der Waals surface area contributed by atoms with Gasteiger partial charge in [-0.2, -0.15) is 0 Å². The summed E-state index contributed by atoms with van der Waals surface area (Å²) in [5, 5.41) is 10.2. The Morgan fingerprint density at radius 3 is 1.89 bits per heavy atom. The fraction of sp³-hybridized carbons (Fsp3) is 0.0169. The van der Waals surface area contributed by atoms with Gasteiger partial charge in [-0.25, -0.2) is 0 Å². The number of allylic oxidation sites excluding steroid dienone is 4. The smallest absolute Gasteiger partial charge is 0.0690 e. The van der Waals surface area contributed by atoms with Gasteiger partial charge in [0, 0.05) is 21.8 Å². The maximum atomic E-state index is 2.53. The Labute approximate surface area is 360 Å². The first-order chi connectivity index (χ1) is 30.2. The predicted molar refractivity (Wildman–Crippen MR) is 263 cm³/mol. The number of anilines is 2. The number of hydrogen-bond acceptors (Lipinski definition) is 2. The number of thioether (sulfide) groups is 1. The molecule has 0 saturated carbocycles. The third kappa shape index (κ3) is 6.18. The van der Waals surface area contributed by atoms with Crippen molar-refractivity contribution in [1.82, 2.24) is 0 Å². The van der Waals surface area contributed by atoms with E-state index in [0.717, 1.165) is 11.4 Å². The summed E-state index contributed by atoms with van der Waals surface area (Å²) in [6.45, 7) is 0. The highest BCUT2D eigenvalue weighted by molar-refractivity contribution is 8.00. The molecule has 1 heterocycles. The molecule has 10 aromatic carbocycles. The standard InChI is InChI=1S/C59H39NS/c1-2-13-40(14-3-1)51-34-30-46(55-36-43-16-5-7-19-49(43)53-21-8-9-22-54(53)55)37-57(51)60(56-23-12-17-44-38-59(56)61-58-24-11-10-20-52(44)58)47-31-27-39(28-32-47)42-29-33-50-45(35-42)26-25-41-15-4-6-18-48(41)50/h1-38,59H. The second-order valence-corrected chi connectivity index (χ2v) is 17.2. The summed E-state index contributed by atoms with van der Waals surface area (Å²) in [4.78, 5) is 3.84. The summed E-state index contributed by atoms with van der Waals surface area (Å²) < 4.78 is 0. The van der Waals surface area contributed by atoms with Crippen molar-refractivity contribution in [2.24, 2.45) is 0 Å². The SMILES string of the molecule is C1=CC2=CC(Sc3ccccc32)C(N(c2ccc(-c3ccc4c(ccc5ccccc54)c3)cc2)c2cc(-c3cc4ccccc4c4ccccc34)ccc2-c2ccccc2)=C1. The van der Waals surface area contributed by atoms with Crippen LogP contribution in [0.4, 0.5) is 11.4 Å². The van der Waals surface area contributed by atoms with Gasteiger partial charge in [-0.1, -0.05) is 188 Å². The molecule has 1 aliphatic heterocycles. The van der Waals surface area contributed by atoms with Crippen molar-refractivity contribution in [2.45, 2.75) is 10.1 Å². The van der Waals surface area contributed by atoms with E-state index in [4.69, 9.17) is 0 Å². The van der Waals surface area contributed by atoms with Crippen molar-refractivity contribution in [1.29, 1.82) is 0 Å². The first-order valence-electron chi connectivity index (χ1n) is 21.0. The highest BCUT2D eigenvalue weighted by atomic mass is 32.2. The average molecular weight is 794 g/mol. The summed E-state index contributed by atoms with van der Waals surface area (Å²) in [6.07, 6.45) is 9.30. The molecule has 0 radical (unpaired) electrons. The van der Waals surface area contributed by atoms with Crippen LogP contribution in [-0.4, -0.2) is 5.25 Å². The van der Waals surface area contributed by atoms with Crippen LogP contribution in [0.3, 0.4) is 0 Å². The quantitative estimate of drug-likeness (QED) is 0.154.